The summed E-state index contributed by atoms with van der Waals surface area (Å²) in [4.78, 5) is 0. The average molecular weight is 285 g/mol. The number of nitrogens with one attached hydrogen (secondary N) is 1. The van der Waals surface area contributed by atoms with Crippen LogP contribution >= 0.6 is 0 Å². The minimum Gasteiger partial charge on any atom is -0.372 e. The third-order valence-corrected chi connectivity index (χ3v) is 4.06. The Balaban J connectivity index is 1.61. The number of nitrogens with zero attached hydrogens (tertiary/aromatic N) is 2. The summed E-state index contributed by atoms with van der Waals surface area (Å²) in [5.74, 6) is 0. The smallest absolute Gasteiger partial charge is 0.0952 e. The summed E-state index contributed by atoms with van der Waals surface area (Å²) in [5.41, 5.74) is 5.21. The van der Waals surface area contributed by atoms with Gasteiger partial charge in [0.15, 0.2) is 0 Å². The Bertz CT molecular complexity index is 606. The molecule has 4 nitrogen and oxygen atoms in total. The van der Waals surface area contributed by atoms with Crippen LogP contribution in [0.3, 0.4) is 0 Å². The predicted molar refractivity (Wildman–Crippen MR) is 83.1 cm³/mol. The van der Waals surface area contributed by atoms with Gasteiger partial charge in [0.2, 0.25) is 0 Å². The molecule has 0 aliphatic carbocycles. The largest absolute Gasteiger partial charge is 0.372 e. The van der Waals surface area contributed by atoms with Crippen molar-refractivity contribution in [2.45, 2.75) is 32.4 Å². The molecule has 1 aliphatic heterocycles. The van der Waals surface area contributed by atoms with Crippen LogP contribution in [0.15, 0.2) is 30.5 Å². The number of aryl methyl sites for hydroxylation is 2. The number of fused-ring (bicyclic) bond motifs is 1. The van der Waals surface area contributed by atoms with Gasteiger partial charge >= 0.3 is 0 Å². The molecule has 0 saturated heterocycles. The Kier molecular flexibility index (Phi) is 4.36. The number of rotatable bonds is 5. The van der Waals surface area contributed by atoms with Gasteiger partial charge in [-0.05, 0) is 24.0 Å². The molecule has 2 heterocycles. The lowest BCUT2D eigenvalue weighted by atomic mass is 9.97. The first-order chi connectivity index (χ1) is 10.3. The molecule has 112 valence electrons. The Morgan fingerprint density at radius 2 is 2.24 bits per heavy atom. The van der Waals surface area contributed by atoms with Crippen LogP contribution < -0.4 is 5.32 Å². The molecule has 1 aliphatic rings. The van der Waals surface area contributed by atoms with Gasteiger partial charge in [-0.2, -0.15) is 5.10 Å². The second-order valence-electron chi connectivity index (χ2n) is 5.57. The van der Waals surface area contributed by atoms with Gasteiger partial charge in [0.05, 0.1) is 18.4 Å². The summed E-state index contributed by atoms with van der Waals surface area (Å²) in [5, 5.41) is 8.00. The van der Waals surface area contributed by atoms with Crippen LogP contribution in [0.1, 0.15) is 35.4 Å². The van der Waals surface area contributed by atoms with E-state index in [1.54, 1.807) is 0 Å². The van der Waals surface area contributed by atoms with E-state index in [9.17, 15) is 0 Å². The van der Waals surface area contributed by atoms with Crippen molar-refractivity contribution in [1.29, 1.82) is 0 Å². The lowest BCUT2D eigenvalue weighted by Gasteiger charge is -2.26. The number of hydrogen-bond acceptors (Lipinski definition) is 3. The first-order valence-corrected chi connectivity index (χ1v) is 7.69. The second kappa shape index (κ2) is 6.41. The summed E-state index contributed by atoms with van der Waals surface area (Å²) in [6.45, 7) is 4.65. The SMILES string of the molecule is CCc1nn(C)cc1CNCC1OCCc2ccccc21. The molecule has 0 radical (unpaired) electrons. The highest BCUT2D eigenvalue weighted by molar-refractivity contribution is 5.31. The minimum absolute atomic E-state index is 0.164. The summed E-state index contributed by atoms with van der Waals surface area (Å²) >= 11 is 0. The van der Waals surface area contributed by atoms with Gasteiger partial charge in [0.1, 0.15) is 0 Å². The van der Waals surface area contributed by atoms with Crippen molar-refractivity contribution in [1.82, 2.24) is 15.1 Å². The molecule has 0 fully saturated rings. The third kappa shape index (κ3) is 3.17. The fourth-order valence-corrected chi connectivity index (χ4v) is 3.01. The minimum atomic E-state index is 0.164. The Morgan fingerprint density at radius 3 is 3.10 bits per heavy atom. The first kappa shape index (κ1) is 14.3. The maximum Gasteiger partial charge on any atom is 0.0952 e. The normalized spacial score (nSPS) is 17.7. The van der Waals surface area contributed by atoms with Crippen molar-refractivity contribution >= 4 is 0 Å². The van der Waals surface area contributed by atoms with Crippen molar-refractivity contribution in [3.05, 3.63) is 52.8 Å². The van der Waals surface area contributed by atoms with Crippen molar-refractivity contribution in [2.24, 2.45) is 7.05 Å². The van der Waals surface area contributed by atoms with Gasteiger partial charge in [0, 0.05) is 31.9 Å². The van der Waals surface area contributed by atoms with Gasteiger partial charge in [-0.25, -0.2) is 0 Å². The van der Waals surface area contributed by atoms with Crippen LogP contribution in [0.4, 0.5) is 0 Å². The maximum atomic E-state index is 5.92. The molecule has 0 saturated carbocycles. The Morgan fingerprint density at radius 1 is 1.38 bits per heavy atom. The molecule has 1 atom stereocenters. The fourth-order valence-electron chi connectivity index (χ4n) is 3.01. The lowest BCUT2D eigenvalue weighted by molar-refractivity contribution is 0.0423. The van der Waals surface area contributed by atoms with Crippen molar-refractivity contribution in [3.8, 4) is 0 Å². The van der Waals surface area contributed by atoms with Crippen LogP contribution in [0.2, 0.25) is 0 Å². The van der Waals surface area contributed by atoms with Crippen molar-refractivity contribution < 1.29 is 4.74 Å². The molecule has 4 heteroatoms. The number of ether oxygens (including phenoxy) is 1. The summed E-state index contributed by atoms with van der Waals surface area (Å²) in [6.07, 6.45) is 4.26. The molecule has 0 bridgehead atoms. The molecular weight excluding hydrogens is 262 g/mol. The van der Waals surface area contributed by atoms with Crippen LogP contribution in [0.5, 0.6) is 0 Å². The number of aromatic nitrogens is 2. The van der Waals surface area contributed by atoms with Crippen molar-refractivity contribution in [2.75, 3.05) is 13.2 Å². The second-order valence-corrected chi connectivity index (χ2v) is 5.57. The van der Waals surface area contributed by atoms with E-state index in [4.69, 9.17) is 4.74 Å². The molecule has 1 aromatic carbocycles. The van der Waals surface area contributed by atoms with Crippen molar-refractivity contribution in [3.63, 3.8) is 0 Å². The van der Waals surface area contributed by atoms with E-state index in [0.29, 0.717) is 0 Å². The van der Waals surface area contributed by atoms with E-state index in [-0.39, 0.29) is 6.10 Å². The van der Waals surface area contributed by atoms with E-state index >= 15 is 0 Å². The summed E-state index contributed by atoms with van der Waals surface area (Å²) in [6, 6.07) is 8.60. The first-order valence-electron chi connectivity index (χ1n) is 7.69. The molecule has 3 rings (SSSR count). The highest BCUT2D eigenvalue weighted by Gasteiger charge is 2.20. The zero-order valence-corrected chi connectivity index (χ0v) is 12.8. The standard InChI is InChI=1S/C17H23N3O/c1-3-16-14(12-20(2)19-16)10-18-11-17-15-7-5-4-6-13(15)8-9-21-17/h4-7,12,17-18H,3,8-11H2,1-2H3. The zero-order chi connectivity index (χ0) is 14.7. The molecule has 2 aromatic rings. The average Bonchev–Trinajstić information content (AvgIpc) is 2.87. The van der Waals surface area contributed by atoms with Gasteiger partial charge in [0.25, 0.3) is 0 Å². The molecule has 1 N–H and O–H groups in total. The fraction of sp³-hybridized carbons (Fsp3) is 0.471. The van der Waals surface area contributed by atoms with Crippen LogP contribution in [0, 0.1) is 0 Å². The molecule has 0 spiro atoms. The highest BCUT2D eigenvalue weighted by Crippen LogP contribution is 2.26. The molecule has 0 amide bonds. The third-order valence-electron chi connectivity index (χ3n) is 4.06. The highest BCUT2D eigenvalue weighted by atomic mass is 16.5. The van der Waals surface area contributed by atoms with E-state index in [2.05, 4.69) is 47.8 Å². The Hall–Kier alpha value is -1.65. The summed E-state index contributed by atoms with van der Waals surface area (Å²) in [7, 11) is 1.98. The van der Waals surface area contributed by atoms with E-state index in [0.717, 1.165) is 32.5 Å². The van der Waals surface area contributed by atoms with E-state index in [1.165, 1.54) is 22.4 Å². The maximum absolute atomic E-state index is 5.92. The van der Waals surface area contributed by atoms with Gasteiger partial charge < -0.3 is 10.1 Å². The van der Waals surface area contributed by atoms with Gasteiger partial charge in [-0.1, -0.05) is 31.2 Å². The molecule has 1 unspecified atom stereocenters. The zero-order valence-electron chi connectivity index (χ0n) is 12.8. The molecule has 21 heavy (non-hydrogen) atoms. The van der Waals surface area contributed by atoms with E-state index in [1.807, 2.05) is 11.7 Å². The Labute approximate surface area is 126 Å². The monoisotopic (exact) mass is 285 g/mol. The van der Waals surface area contributed by atoms with Gasteiger partial charge in [-0.15, -0.1) is 0 Å². The molecular formula is C17H23N3O. The lowest BCUT2D eigenvalue weighted by Crippen LogP contribution is -2.27. The number of hydrogen-bond donors (Lipinski definition) is 1. The topological polar surface area (TPSA) is 39.1 Å². The van der Waals surface area contributed by atoms with Crippen LogP contribution in [-0.2, 0) is 31.2 Å². The van der Waals surface area contributed by atoms with Crippen LogP contribution in [-0.4, -0.2) is 22.9 Å². The van der Waals surface area contributed by atoms with Gasteiger partial charge in [-0.3, -0.25) is 4.68 Å². The van der Waals surface area contributed by atoms with E-state index < -0.39 is 0 Å². The quantitative estimate of drug-likeness (QED) is 0.917. The summed E-state index contributed by atoms with van der Waals surface area (Å²) < 4.78 is 7.81. The number of benzene rings is 1. The predicted octanol–water partition coefficient (Wildman–Crippen LogP) is 2.39. The van der Waals surface area contributed by atoms with Crippen LogP contribution in [0.25, 0.3) is 0 Å². The molecule has 1 aromatic heterocycles.